The molecule has 0 aliphatic heterocycles. The summed E-state index contributed by atoms with van der Waals surface area (Å²) in [6, 6.07) is 12.7. The van der Waals surface area contributed by atoms with Crippen molar-refractivity contribution in [1.29, 1.82) is 0 Å². The molecule has 0 aliphatic rings. The summed E-state index contributed by atoms with van der Waals surface area (Å²) in [5.74, 6) is -1.21. The molecular formula is C25H31NO6. The zero-order chi connectivity index (χ0) is 23.2. The minimum absolute atomic E-state index is 0.0158. The van der Waals surface area contributed by atoms with Gasteiger partial charge in [-0.3, -0.25) is 10.1 Å². The molecular weight excluding hydrogens is 410 g/mol. The Morgan fingerprint density at radius 2 is 1.31 bits per heavy atom. The highest BCUT2D eigenvalue weighted by Crippen LogP contribution is 2.19. The third-order valence-electron chi connectivity index (χ3n) is 5.14. The van der Waals surface area contributed by atoms with Crippen LogP contribution in [0.5, 0.6) is 0 Å². The molecule has 0 saturated carbocycles. The number of carbonyl (C=O) groups excluding carboxylic acids is 2. The zero-order valence-corrected chi connectivity index (χ0v) is 18.6. The quantitative estimate of drug-likeness (QED) is 0.157. The summed E-state index contributed by atoms with van der Waals surface area (Å²) in [6.45, 7) is 2.46. The Bertz CT molecular complexity index is 896. The van der Waals surface area contributed by atoms with E-state index in [0.717, 1.165) is 19.3 Å². The van der Waals surface area contributed by atoms with Crippen LogP contribution >= 0.6 is 0 Å². The first-order valence-corrected chi connectivity index (χ1v) is 11.2. The number of para-hydroxylation sites is 1. The number of hydrogen-bond acceptors (Lipinski definition) is 6. The van der Waals surface area contributed by atoms with Crippen molar-refractivity contribution in [3.63, 3.8) is 0 Å². The maximum absolute atomic E-state index is 12.5. The van der Waals surface area contributed by atoms with Crippen molar-refractivity contribution in [3.8, 4) is 0 Å². The van der Waals surface area contributed by atoms with Gasteiger partial charge in [-0.1, -0.05) is 75.8 Å². The minimum Gasteiger partial charge on any atom is -0.462 e. The van der Waals surface area contributed by atoms with Gasteiger partial charge in [0.05, 0.1) is 29.3 Å². The zero-order valence-electron chi connectivity index (χ0n) is 18.6. The molecule has 0 N–H and O–H groups in total. The number of ether oxygens (including phenoxy) is 2. The van der Waals surface area contributed by atoms with E-state index in [1.165, 1.54) is 43.9 Å². The van der Waals surface area contributed by atoms with Crippen LogP contribution in [-0.2, 0) is 15.9 Å². The van der Waals surface area contributed by atoms with Crippen LogP contribution in [0.4, 0.5) is 5.69 Å². The first-order valence-electron chi connectivity index (χ1n) is 11.2. The van der Waals surface area contributed by atoms with E-state index in [2.05, 4.69) is 6.92 Å². The van der Waals surface area contributed by atoms with Gasteiger partial charge in [-0.05, 0) is 18.6 Å². The number of nitro groups is 1. The number of benzene rings is 2. The van der Waals surface area contributed by atoms with E-state index in [1.807, 2.05) is 0 Å². The molecule has 0 spiro atoms. The molecule has 0 fully saturated rings. The first-order chi connectivity index (χ1) is 15.5. The van der Waals surface area contributed by atoms with Crippen LogP contribution in [0.25, 0.3) is 0 Å². The van der Waals surface area contributed by atoms with Gasteiger partial charge in [0.2, 0.25) is 0 Å². The van der Waals surface area contributed by atoms with Gasteiger partial charge >= 0.3 is 11.9 Å². The highest BCUT2D eigenvalue weighted by Gasteiger charge is 2.19. The molecule has 0 atom stereocenters. The van der Waals surface area contributed by atoms with Gasteiger partial charge in [0.15, 0.2) is 0 Å². The van der Waals surface area contributed by atoms with E-state index in [-0.39, 0.29) is 29.8 Å². The number of nitro benzene ring substituents is 1. The average molecular weight is 442 g/mol. The van der Waals surface area contributed by atoms with Crippen LogP contribution in [-0.4, -0.2) is 30.1 Å². The van der Waals surface area contributed by atoms with Crippen LogP contribution in [0.1, 0.15) is 78.1 Å². The predicted molar refractivity (Wildman–Crippen MR) is 122 cm³/mol. The second-order valence-corrected chi connectivity index (χ2v) is 7.57. The molecule has 7 heteroatoms. The van der Waals surface area contributed by atoms with Crippen molar-refractivity contribution < 1.29 is 24.0 Å². The van der Waals surface area contributed by atoms with Gasteiger partial charge in [-0.2, -0.15) is 0 Å². The summed E-state index contributed by atoms with van der Waals surface area (Å²) in [4.78, 5) is 35.6. The summed E-state index contributed by atoms with van der Waals surface area (Å²) in [7, 11) is 0. The molecule has 172 valence electrons. The van der Waals surface area contributed by atoms with E-state index in [0.29, 0.717) is 12.2 Å². The largest absolute Gasteiger partial charge is 0.462 e. The summed E-state index contributed by atoms with van der Waals surface area (Å²) in [5, 5.41) is 11.1. The monoisotopic (exact) mass is 441 g/mol. The Balaban J connectivity index is 1.83. The molecule has 0 heterocycles. The molecule has 0 aliphatic carbocycles. The van der Waals surface area contributed by atoms with Crippen molar-refractivity contribution in [1.82, 2.24) is 0 Å². The topological polar surface area (TPSA) is 95.7 Å². The molecule has 0 unspecified atom stereocenters. The number of nitrogens with zero attached hydrogens (tertiary/aromatic N) is 1. The number of rotatable bonds is 14. The second kappa shape index (κ2) is 14.0. The van der Waals surface area contributed by atoms with E-state index in [4.69, 9.17) is 9.47 Å². The Hall–Kier alpha value is -3.22. The van der Waals surface area contributed by atoms with E-state index in [1.54, 1.807) is 30.3 Å². The third kappa shape index (κ3) is 8.13. The lowest BCUT2D eigenvalue weighted by Crippen LogP contribution is -2.15. The number of esters is 2. The highest BCUT2D eigenvalue weighted by molar-refractivity contribution is 6.03. The van der Waals surface area contributed by atoms with E-state index >= 15 is 0 Å². The van der Waals surface area contributed by atoms with Crippen LogP contribution in [0, 0.1) is 10.1 Å². The lowest BCUT2D eigenvalue weighted by molar-refractivity contribution is -0.385. The van der Waals surface area contributed by atoms with Gasteiger partial charge in [-0.15, -0.1) is 0 Å². The van der Waals surface area contributed by atoms with Crippen LogP contribution < -0.4 is 0 Å². The normalized spacial score (nSPS) is 10.5. The molecule has 2 aromatic rings. The standard InChI is InChI=1S/C25H31NO6/c1-2-3-4-5-6-7-12-18-31-24(27)21-14-9-10-15-22(21)25(28)32-19-17-20-13-8-11-16-23(20)26(29)30/h8-11,13-16H,2-7,12,17-19H2,1H3. The predicted octanol–water partition coefficient (Wildman–Crippen LogP) is 5.90. The maximum Gasteiger partial charge on any atom is 0.339 e. The molecule has 7 nitrogen and oxygen atoms in total. The molecule has 2 rings (SSSR count). The van der Waals surface area contributed by atoms with Crippen LogP contribution in [0.2, 0.25) is 0 Å². The Morgan fingerprint density at radius 1 is 0.781 bits per heavy atom. The van der Waals surface area contributed by atoms with E-state index in [9.17, 15) is 19.7 Å². The SMILES string of the molecule is CCCCCCCCCOC(=O)c1ccccc1C(=O)OCCc1ccccc1[N+](=O)[O-]. The molecule has 0 radical (unpaired) electrons. The number of carbonyl (C=O) groups is 2. The van der Waals surface area contributed by atoms with Gasteiger partial charge in [0, 0.05) is 18.1 Å². The Labute approximate surface area is 188 Å². The molecule has 0 amide bonds. The Morgan fingerprint density at radius 3 is 1.94 bits per heavy atom. The minimum atomic E-state index is -0.660. The lowest BCUT2D eigenvalue weighted by Gasteiger charge is -2.10. The fourth-order valence-corrected chi connectivity index (χ4v) is 3.37. The maximum atomic E-state index is 12.5. The fraction of sp³-hybridized carbons (Fsp3) is 0.440. The molecule has 32 heavy (non-hydrogen) atoms. The second-order valence-electron chi connectivity index (χ2n) is 7.57. The molecule has 2 aromatic carbocycles. The van der Waals surface area contributed by atoms with Crippen molar-refractivity contribution in [3.05, 3.63) is 75.3 Å². The van der Waals surface area contributed by atoms with Crippen LogP contribution in [0.3, 0.4) is 0 Å². The van der Waals surface area contributed by atoms with Crippen LogP contribution in [0.15, 0.2) is 48.5 Å². The van der Waals surface area contributed by atoms with Gasteiger partial charge in [-0.25, -0.2) is 9.59 Å². The number of hydrogen-bond donors (Lipinski definition) is 0. The van der Waals surface area contributed by atoms with Gasteiger partial charge in [0.1, 0.15) is 0 Å². The van der Waals surface area contributed by atoms with Gasteiger partial charge in [0.25, 0.3) is 5.69 Å². The number of unbranched alkanes of at least 4 members (excludes halogenated alkanes) is 6. The summed E-state index contributed by atoms with van der Waals surface area (Å²) < 4.78 is 10.6. The third-order valence-corrected chi connectivity index (χ3v) is 5.14. The van der Waals surface area contributed by atoms with Crippen molar-refractivity contribution >= 4 is 17.6 Å². The fourth-order valence-electron chi connectivity index (χ4n) is 3.37. The first kappa shape index (κ1) is 25.0. The average Bonchev–Trinajstić information content (AvgIpc) is 2.80. The van der Waals surface area contributed by atoms with Crippen molar-refractivity contribution in [2.24, 2.45) is 0 Å². The summed E-state index contributed by atoms with van der Waals surface area (Å²) >= 11 is 0. The molecule has 0 bridgehead atoms. The van der Waals surface area contributed by atoms with Gasteiger partial charge < -0.3 is 9.47 Å². The molecule has 0 aromatic heterocycles. The Kier molecular flexibility index (Phi) is 10.9. The van der Waals surface area contributed by atoms with E-state index < -0.39 is 16.9 Å². The van der Waals surface area contributed by atoms with Crippen molar-refractivity contribution in [2.45, 2.75) is 58.3 Å². The summed E-state index contributed by atoms with van der Waals surface area (Å²) in [6.07, 6.45) is 8.03. The smallest absolute Gasteiger partial charge is 0.339 e. The van der Waals surface area contributed by atoms with Crippen molar-refractivity contribution in [2.75, 3.05) is 13.2 Å². The summed E-state index contributed by atoms with van der Waals surface area (Å²) in [5.41, 5.74) is 0.747. The highest BCUT2D eigenvalue weighted by atomic mass is 16.6. The lowest BCUT2D eigenvalue weighted by atomic mass is 10.1. The molecule has 0 saturated heterocycles.